The smallest absolute Gasteiger partial charge is 0.407 e. The molecule has 0 saturated heterocycles. The number of rotatable bonds is 5. The molecule has 0 bridgehead atoms. The van der Waals surface area contributed by atoms with Gasteiger partial charge in [0.2, 0.25) is 0 Å². The van der Waals surface area contributed by atoms with Crippen LogP contribution >= 0.6 is 0 Å². The Morgan fingerprint density at radius 2 is 2.05 bits per heavy atom. The first-order valence-electron chi connectivity index (χ1n) is 6.77. The predicted octanol–water partition coefficient (Wildman–Crippen LogP) is 2.13. The number of halogens is 1. The molecule has 0 spiro atoms. The fourth-order valence-electron chi connectivity index (χ4n) is 1.71. The maximum absolute atomic E-state index is 13.0. The Balaban J connectivity index is 2.40. The molecule has 2 unspecified atom stereocenters. The number of alkyl carbamates (subject to hydrolysis) is 1. The van der Waals surface area contributed by atoms with Crippen molar-refractivity contribution < 1.29 is 24.1 Å². The molecule has 2 atom stereocenters. The molecule has 21 heavy (non-hydrogen) atoms. The lowest BCUT2D eigenvalue weighted by Crippen LogP contribution is -2.34. The zero-order valence-electron chi connectivity index (χ0n) is 12.5. The maximum atomic E-state index is 13.0. The second-order valence-corrected chi connectivity index (χ2v) is 5.78. The quantitative estimate of drug-likeness (QED) is 0.778. The first kappa shape index (κ1) is 17.4. The van der Waals surface area contributed by atoms with Crippen molar-refractivity contribution in [2.45, 2.75) is 45.0 Å². The molecule has 1 aromatic rings. The largest absolute Gasteiger partial charge is 0.444 e. The van der Waals surface area contributed by atoms with Crippen molar-refractivity contribution in [2.75, 3.05) is 6.54 Å². The van der Waals surface area contributed by atoms with E-state index in [1.807, 2.05) is 0 Å². The zero-order valence-corrected chi connectivity index (χ0v) is 12.5. The number of benzene rings is 1. The number of hydrogen-bond donors (Lipinski definition) is 3. The van der Waals surface area contributed by atoms with Gasteiger partial charge in [0.1, 0.15) is 17.5 Å². The van der Waals surface area contributed by atoms with Crippen molar-refractivity contribution in [2.24, 2.45) is 0 Å². The standard InChI is InChI=1S/C15H22FNO4/c1-15(2,3)21-14(20)17-8-7-12(18)13(19)10-5-4-6-11(16)9-10/h4-6,9,12-13,18-19H,7-8H2,1-3H3,(H,17,20). The summed E-state index contributed by atoms with van der Waals surface area (Å²) >= 11 is 0. The summed E-state index contributed by atoms with van der Waals surface area (Å²) in [5.74, 6) is -0.481. The molecule has 5 nitrogen and oxygen atoms in total. The van der Waals surface area contributed by atoms with Crippen LogP contribution in [0.2, 0.25) is 0 Å². The molecular weight excluding hydrogens is 277 g/mol. The number of carbonyl (C=O) groups is 1. The molecular formula is C15H22FNO4. The molecule has 0 fully saturated rings. The zero-order chi connectivity index (χ0) is 16.0. The van der Waals surface area contributed by atoms with E-state index >= 15 is 0 Å². The molecule has 0 heterocycles. The Morgan fingerprint density at radius 1 is 1.38 bits per heavy atom. The number of ether oxygens (including phenoxy) is 1. The van der Waals surface area contributed by atoms with Gasteiger partial charge in [-0.15, -0.1) is 0 Å². The third-order valence-electron chi connectivity index (χ3n) is 2.66. The van der Waals surface area contributed by atoms with Crippen LogP contribution in [-0.2, 0) is 4.74 Å². The highest BCUT2D eigenvalue weighted by molar-refractivity contribution is 5.67. The average Bonchev–Trinajstić information content (AvgIpc) is 2.35. The van der Waals surface area contributed by atoms with Gasteiger partial charge in [-0.2, -0.15) is 0 Å². The van der Waals surface area contributed by atoms with Crippen molar-refractivity contribution in [1.29, 1.82) is 0 Å². The summed E-state index contributed by atoms with van der Waals surface area (Å²) in [5, 5.41) is 22.2. The van der Waals surface area contributed by atoms with Gasteiger partial charge in [0, 0.05) is 6.54 Å². The van der Waals surface area contributed by atoms with Crippen LogP contribution in [0.4, 0.5) is 9.18 Å². The molecule has 3 N–H and O–H groups in total. The Bertz CT molecular complexity index is 473. The molecule has 0 aliphatic rings. The van der Waals surface area contributed by atoms with Crippen molar-refractivity contribution in [3.8, 4) is 0 Å². The summed E-state index contributed by atoms with van der Waals surface area (Å²) in [7, 11) is 0. The van der Waals surface area contributed by atoms with Crippen LogP contribution in [0.1, 0.15) is 38.9 Å². The van der Waals surface area contributed by atoms with E-state index in [4.69, 9.17) is 4.74 Å². The third-order valence-corrected chi connectivity index (χ3v) is 2.66. The van der Waals surface area contributed by atoms with Gasteiger partial charge < -0.3 is 20.3 Å². The SMILES string of the molecule is CC(C)(C)OC(=O)NCCC(O)C(O)c1cccc(F)c1. The number of nitrogens with one attached hydrogen (secondary N) is 1. The van der Waals surface area contributed by atoms with E-state index in [1.54, 1.807) is 20.8 Å². The van der Waals surface area contributed by atoms with Gasteiger partial charge in [-0.1, -0.05) is 12.1 Å². The Kier molecular flexibility index (Phi) is 6.11. The van der Waals surface area contributed by atoms with Crippen LogP contribution in [0.3, 0.4) is 0 Å². The predicted molar refractivity (Wildman–Crippen MR) is 76.2 cm³/mol. The monoisotopic (exact) mass is 299 g/mol. The summed E-state index contributed by atoms with van der Waals surface area (Å²) in [5.41, 5.74) is -0.302. The van der Waals surface area contributed by atoms with E-state index in [9.17, 15) is 19.4 Å². The Labute approximate surface area is 123 Å². The van der Waals surface area contributed by atoms with Gasteiger partial charge in [-0.05, 0) is 44.9 Å². The van der Waals surface area contributed by atoms with Crippen molar-refractivity contribution in [3.63, 3.8) is 0 Å². The second-order valence-electron chi connectivity index (χ2n) is 5.78. The fourth-order valence-corrected chi connectivity index (χ4v) is 1.71. The van der Waals surface area contributed by atoms with E-state index in [1.165, 1.54) is 18.2 Å². The minimum absolute atomic E-state index is 0.122. The lowest BCUT2D eigenvalue weighted by molar-refractivity contribution is 0.0121. The summed E-state index contributed by atoms with van der Waals surface area (Å²) < 4.78 is 18.1. The normalized spacial score (nSPS) is 14.4. The summed E-state index contributed by atoms with van der Waals surface area (Å²) in [6.45, 7) is 5.38. The minimum Gasteiger partial charge on any atom is -0.444 e. The molecule has 0 radical (unpaired) electrons. The maximum Gasteiger partial charge on any atom is 0.407 e. The lowest BCUT2D eigenvalue weighted by atomic mass is 10.0. The fraction of sp³-hybridized carbons (Fsp3) is 0.533. The van der Waals surface area contributed by atoms with E-state index in [0.717, 1.165) is 6.07 Å². The van der Waals surface area contributed by atoms with E-state index in [2.05, 4.69) is 5.32 Å². The van der Waals surface area contributed by atoms with Crippen molar-refractivity contribution >= 4 is 6.09 Å². The number of aliphatic hydroxyl groups is 2. The van der Waals surface area contributed by atoms with E-state index in [-0.39, 0.29) is 13.0 Å². The molecule has 1 amide bonds. The van der Waals surface area contributed by atoms with Crippen LogP contribution in [0.15, 0.2) is 24.3 Å². The number of amides is 1. The summed E-state index contributed by atoms with van der Waals surface area (Å²) in [6.07, 6.45) is -2.78. The molecule has 1 aromatic carbocycles. The highest BCUT2D eigenvalue weighted by atomic mass is 19.1. The third kappa shape index (κ3) is 6.55. The summed E-state index contributed by atoms with van der Waals surface area (Å²) in [4.78, 5) is 11.4. The van der Waals surface area contributed by atoms with E-state index in [0.29, 0.717) is 5.56 Å². The molecule has 118 valence electrons. The van der Waals surface area contributed by atoms with Gasteiger partial charge in [-0.3, -0.25) is 0 Å². The molecule has 0 aliphatic carbocycles. The minimum atomic E-state index is -1.21. The second kappa shape index (κ2) is 7.38. The molecule has 0 aliphatic heterocycles. The average molecular weight is 299 g/mol. The molecule has 0 aromatic heterocycles. The van der Waals surface area contributed by atoms with Crippen molar-refractivity contribution in [3.05, 3.63) is 35.6 Å². The van der Waals surface area contributed by atoms with Crippen molar-refractivity contribution in [1.82, 2.24) is 5.32 Å². The number of aliphatic hydroxyl groups excluding tert-OH is 2. The number of hydrogen-bond acceptors (Lipinski definition) is 4. The first-order valence-corrected chi connectivity index (χ1v) is 6.77. The molecule has 6 heteroatoms. The summed E-state index contributed by atoms with van der Waals surface area (Å²) in [6, 6.07) is 5.40. The van der Waals surface area contributed by atoms with Gasteiger partial charge in [-0.25, -0.2) is 9.18 Å². The Morgan fingerprint density at radius 3 is 2.62 bits per heavy atom. The topological polar surface area (TPSA) is 78.8 Å². The van der Waals surface area contributed by atoms with Gasteiger partial charge >= 0.3 is 6.09 Å². The van der Waals surface area contributed by atoms with E-state index < -0.39 is 29.7 Å². The Hall–Kier alpha value is -1.66. The van der Waals surface area contributed by atoms with Gasteiger partial charge in [0.05, 0.1) is 6.10 Å². The molecule has 1 rings (SSSR count). The van der Waals surface area contributed by atoms with Crippen LogP contribution in [-0.4, -0.2) is 34.6 Å². The highest BCUT2D eigenvalue weighted by Gasteiger charge is 2.20. The van der Waals surface area contributed by atoms with Crippen LogP contribution in [0, 0.1) is 5.82 Å². The molecule has 0 saturated carbocycles. The lowest BCUT2D eigenvalue weighted by Gasteiger charge is -2.21. The van der Waals surface area contributed by atoms with Crippen LogP contribution in [0.5, 0.6) is 0 Å². The van der Waals surface area contributed by atoms with Crippen LogP contribution in [0.25, 0.3) is 0 Å². The highest BCUT2D eigenvalue weighted by Crippen LogP contribution is 2.19. The van der Waals surface area contributed by atoms with Gasteiger partial charge in [0.15, 0.2) is 0 Å². The van der Waals surface area contributed by atoms with Gasteiger partial charge in [0.25, 0.3) is 0 Å². The van der Waals surface area contributed by atoms with Crippen LogP contribution < -0.4 is 5.32 Å². The first-order chi connectivity index (χ1) is 9.69. The number of carbonyl (C=O) groups excluding carboxylic acids is 1.